The van der Waals surface area contributed by atoms with Crippen molar-refractivity contribution in [3.8, 4) is 0 Å². The maximum Gasteiger partial charge on any atom is 0.319 e. The van der Waals surface area contributed by atoms with Gasteiger partial charge in [0.25, 0.3) is 0 Å². The average Bonchev–Trinajstić information content (AvgIpc) is 3.24. The van der Waals surface area contributed by atoms with Gasteiger partial charge < -0.3 is 21.1 Å². The summed E-state index contributed by atoms with van der Waals surface area (Å²) in [5.74, 6) is 0. The Balaban J connectivity index is 1.75. The molecule has 0 bridgehead atoms. The van der Waals surface area contributed by atoms with Gasteiger partial charge in [-0.25, -0.2) is 4.79 Å². The molecule has 5 nitrogen and oxygen atoms in total. The number of hydrogen-bond donors (Lipinski definition) is 3. The molecule has 4 N–H and O–H groups in total. The van der Waals surface area contributed by atoms with Gasteiger partial charge in [-0.15, -0.1) is 0 Å². The molecular formula is C15H23N3O2. The third-order valence-electron chi connectivity index (χ3n) is 3.87. The molecule has 0 spiro atoms. The predicted molar refractivity (Wildman–Crippen MR) is 79.5 cm³/mol. The fourth-order valence-corrected chi connectivity index (χ4v) is 2.18. The van der Waals surface area contributed by atoms with Crippen LogP contribution in [0.2, 0.25) is 0 Å². The summed E-state index contributed by atoms with van der Waals surface area (Å²) in [4.78, 5) is 11.8. The first-order valence-electron chi connectivity index (χ1n) is 7.00. The molecule has 110 valence electrons. The molecule has 0 aliphatic heterocycles. The highest BCUT2D eigenvalue weighted by Gasteiger charge is 2.42. The lowest BCUT2D eigenvalue weighted by Gasteiger charge is -2.16. The zero-order valence-electron chi connectivity index (χ0n) is 11.9. The van der Waals surface area contributed by atoms with E-state index in [2.05, 4.69) is 10.6 Å². The van der Waals surface area contributed by atoms with Crippen molar-refractivity contribution in [1.29, 1.82) is 0 Å². The molecule has 1 aromatic rings. The van der Waals surface area contributed by atoms with Crippen LogP contribution < -0.4 is 16.4 Å². The van der Waals surface area contributed by atoms with Crippen molar-refractivity contribution < 1.29 is 9.53 Å². The van der Waals surface area contributed by atoms with Gasteiger partial charge in [0.15, 0.2) is 0 Å². The quantitative estimate of drug-likeness (QED) is 0.714. The number of nitrogens with one attached hydrogen (secondary N) is 2. The number of hydrogen-bond acceptors (Lipinski definition) is 3. The van der Waals surface area contributed by atoms with Gasteiger partial charge in [-0.1, -0.05) is 12.1 Å². The van der Waals surface area contributed by atoms with Crippen LogP contribution >= 0.6 is 0 Å². The van der Waals surface area contributed by atoms with Gasteiger partial charge in [0.05, 0.1) is 0 Å². The van der Waals surface area contributed by atoms with E-state index in [0.717, 1.165) is 24.3 Å². The van der Waals surface area contributed by atoms with E-state index >= 15 is 0 Å². The average molecular weight is 277 g/mol. The molecule has 0 radical (unpaired) electrons. The van der Waals surface area contributed by atoms with Gasteiger partial charge in [-0.05, 0) is 42.4 Å². The number of carbonyl (C=O) groups is 1. The largest absolute Gasteiger partial charge is 0.385 e. The van der Waals surface area contributed by atoms with Crippen molar-refractivity contribution >= 4 is 11.7 Å². The molecule has 0 unspecified atom stereocenters. The van der Waals surface area contributed by atoms with Crippen molar-refractivity contribution in [3.63, 3.8) is 0 Å². The second-order valence-electron chi connectivity index (χ2n) is 5.45. The van der Waals surface area contributed by atoms with Gasteiger partial charge in [0.1, 0.15) is 0 Å². The minimum atomic E-state index is -0.158. The third kappa shape index (κ3) is 4.21. The number of urea groups is 1. The third-order valence-corrected chi connectivity index (χ3v) is 3.87. The Hall–Kier alpha value is -1.59. The van der Waals surface area contributed by atoms with E-state index in [1.54, 1.807) is 7.11 Å². The summed E-state index contributed by atoms with van der Waals surface area (Å²) < 4.78 is 5.10. The molecule has 0 heterocycles. The van der Waals surface area contributed by atoms with Gasteiger partial charge >= 0.3 is 6.03 Å². The fraction of sp³-hybridized carbons (Fsp3) is 0.533. The lowest BCUT2D eigenvalue weighted by Crippen LogP contribution is -2.34. The normalized spacial score (nSPS) is 15.7. The number of ether oxygens (including phenoxy) is 1. The molecule has 0 aromatic heterocycles. The van der Waals surface area contributed by atoms with Crippen LogP contribution in [-0.2, 0) is 11.3 Å². The second kappa shape index (κ2) is 6.72. The number of benzene rings is 1. The highest BCUT2D eigenvalue weighted by Crippen LogP contribution is 2.48. The SMILES string of the molecule is COCCC1(CNC(=O)Nc2ccc(CN)cc2)CC1. The summed E-state index contributed by atoms with van der Waals surface area (Å²) >= 11 is 0. The molecule has 5 heteroatoms. The van der Waals surface area contributed by atoms with Gasteiger partial charge in [0, 0.05) is 32.5 Å². The smallest absolute Gasteiger partial charge is 0.319 e. The van der Waals surface area contributed by atoms with E-state index in [1.807, 2.05) is 24.3 Å². The van der Waals surface area contributed by atoms with Crippen LogP contribution in [0.25, 0.3) is 0 Å². The minimum absolute atomic E-state index is 0.158. The first kappa shape index (κ1) is 14.8. The number of methoxy groups -OCH3 is 1. The lowest BCUT2D eigenvalue weighted by molar-refractivity contribution is 0.171. The number of nitrogens with two attached hydrogens (primary N) is 1. The lowest BCUT2D eigenvalue weighted by atomic mass is 10.0. The molecule has 1 aliphatic rings. The topological polar surface area (TPSA) is 76.4 Å². The van der Waals surface area contributed by atoms with Crippen molar-refractivity contribution in [2.45, 2.75) is 25.8 Å². The van der Waals surface area contributed by atoms with Crippen LogP contribution in [0.15, 0.2) is 24.3 Å². The molecule has 2 rings (SSSR count). The van der Waals surface area contributed by atoms with Crippen LogP contribution in [0.3, 0.4) is 0 Å². The molecule has 1 aliphatic carbocycles. The highest BCUT2D eigenvalue weighted by molar-refractivity contribution is 5.89. The molecule has 1 fully saturated rings. The van der Waals surface area contributed by atoms with Crippen LogP contribution in [0.5, 0.6) is 0 Å². The van der Waals surface area contributed by atoms with Crippen LogP contribution in [-0.4, -0.2) is 26.3 Å². The molecule has 2 amide bonds. The van der Waals surface area contributed by atoms with Crippen molar-refractivity contribution in [2.75, 3.05) is 25.6 Å². The Labute approximate surface area is 119 Å². The van der Waals surface area contributed by atoms with Crippen molar-refractivity contribution in [2.24, 2.45) is 11.1 Å². The van der Waals surface area contributed by atoms with E-state index in [4.69, 9.17) is 10.5 Å². The molecular weight excluding hydrogens is 254 g/mol. The molecule has 1 aromatic carbocycles. The Kier molecular flexibility index (Phi) is 4.98. The monoisotopic (exact) mass is 277 g/mol. The number of amides is 2. The van der Waals surface area contributed by atoms with E-state index in [0.29, 0.717) is 13.1 Å². The molecule has 0 saturated heterocycles. The van der Waals surface area contributed by atoms with Gasteiger partial charge in [-0.3, -0.25) is 0 Å². The molecule has 1 saturated carbocycles. The highest BCUT2D eigenvalue weighted by atomic mass is 16.5. The predicted octanol–water partition coefficient (Wildman–Crippen LogP) is 2.08. The summed E-state index contributed by atoms with van der Waals surface area (Å²) in [5.41, 5.74) is 7.62. The van der Waals surface area contributed by atoms with Gasteiger partial charge in [0.2, 0.25) is 0 Å². The van der Waals surface area contributed by atoms with E-state index in [1.165, 1.54) is 12.8 Å². The number of rotatable bonds is 7. The Morgan fingerprint density at radius 2 is 2.05 bits per heavy atom. The first-order chi connectivity index (χ1) is 9.67. The van der Waals surface area contributed by atoms with Crippen LogP contribution in [0.1, 0.15) is 24.8 Å². The molecule has 0 atom stereocenters. The van der Waals surface area contributed by atoms with E-state index in [-0.39, 0.29) is 11.4 Å². The fourth-order valence-electron chi connectivity index (χ4n) is 2.18. The Morgan fingerprint density at radius 1 is 1.35 bits per heavy atom. The van der Waals surface area contributed by atoms with E-state index < -0.39 is 0 Å². The minimum Gasteiger partial charge on any atom is -0.385 e. The maximum atomic E-state index is 11.8. The van der Waals surface area contributed by atoms with Crippen LogP contribution in [0.4, 0.5) is 10.5 Å². The maximum absolute atomic E-state index is 11.8. The Morgan fingerprint density at radius 3 is 2.60 bits per heavy atom. The first-order valence-corrected chi connectivity index (χ1v) is 7.00. The zero-order valence-corrected chi connectivity index (χ0v) is 11.9. The second-order valence-corrected chi connectivity index (χ2v) is 5.45. The zero-order chi connectivity index (χ0) is 14.4. The Bertz CT molecular complexity index is 441. The van der Waals surface area contributed by atoms with E-state index in [9.17, 15) is 4.79 Å². The summed E-state index contributed by atoms with van der Waals surface area (Å²) in [5, 5.41) is 5.77. The number of carbonyl (C=O) groups excluding carboxylic acids is 1. The summed E-state index contributed by atoms with van der Waals surface area (Å²) in [6.07, 6.45) is 3.35. The molecule has 20 heavy (non-hydrogen) atoms. The van der Waals surface area contributed by atoms with Crippen LogP contribution in [0, 0.1) is 5.41 Å². The summed E-state index contributed by atoms with van der Waals surface area (Å²) in [6, 6.07) is 7.39. The van der Waals surface area contributed by atoms with Crippen molar-refractivity contribution in [3.05, 3.63) is 29.8 Å². The number of anilines is 1. The summed E-state index contributed by atoms with van der Waals surface area (Å²) in [6.45, 7) is 1.97. The standard InChI is InChI=1S/C15H23N3O2/c1-20-9-8-15(6-7-15)11-17-14(19)18-13-4-2-12(10-16)3-5-13/h2-5H,6-11,16H2,1H3,(H2,17,18,19). The van der Waals surface area contributed by atoms with Crippen molar-refractivity contribution in [1.82, 2.24) is 5.32 Å². The van der Waals surface area contributed by atoms with Gasteiger partial charge in [-0.2, -0.15) is 0 Å². The summed E-state index contributed by atoms with van der Waals surface area (Å²) in [7, 11) is 1.71.